The molecule has 0 aromatic carbocycles. The maximum atomic E-state index is 11.3. The SMILES string of the molecule is CCC1(C)OCc2cnc(C(=O)OC)nc21. The molecule has 0 saturated heterocycles. The van der Waals surface area contributed by atoms with Gasteiger partial charge in [0.15, 0.2) is 0 Å². The molecule has 1 aliphatic rings. The predicted molar refractivity (Wildman–Crippen MR) is 55.8 cm³/mol. The molecule has 5 heteroatoms. The molecule has 0 N–H and O–H groups in total. The van der Waals surface area contributed by atoms with Gasteiger partial charge in [-0.1, -0.05) is 6.92 Å². The van der Waals surface area contributed by atoms with Gasteiger partial charge in [0.25, 0.3) is 0 Å². The number of aromatic nitrogens is 2. The molecule has 1 aliphatic heterocycles. The second-order valence-corrected chi connectivity index (χ2v) is 3.93. The van der Waals surface area contributed by atoms with Crippen LogP contribution in [0, 0.1) is 0 Å². The Bertz CT molecular complexity index is 433. The number of carbonyl (C=O) groups excluding carboxylic acids is 1. The smallest absolute Gasteiger partial charge is 0.376 e. The van der Waals surface area contributed by atoms with E-state index in [-0.39, 0.29) is 5.82 Å². The maximum absolute atomic E-state index is 11.3. The highest BCUT2D eigenvalue weighted by Crippen LogP contribution is 2.36. The zero-order valence-corrected chi connectivity index (χ0v) is 9.61. The van der Waals surface area contributed by atoms with Crippen molar-refractivity contribution in [3.63, 3.8) is 0 Å². The summed E-state index contributed by atoms with van der Waals surface area (Å²) in [5.74, 6) is -0.431. The fraction of sp³-hybridized carbons (Fsp3) is 0.545. The lowest BCUT2D eigenvalue weighted by molar-refractivity contribution is -0.0282. The van der Waals surface area contributed by atoms with E-state index < -0.39 is 11.6 Å². The third kappa shape index (κ3) is 1.57. The average molecular weight is 222 g/mol. The number of methoxy groups -OCH3 is 1. The number of hydrogen-bond acceptors (Lipinski definition) is 5. The van der Waals surface area contributed by atoms with Crippen LogP contribution in [0.4, 0.5) is 0 Å². The van der Waals surface area contributed by atoms with Gasteiger partial charge in [0.2, 0.25) is 5.82 Å². The summed E-state index contributed by atoms with van der Waals surface area (Å²) in [6, 6.07) is 0. The molecule has 0 saturated carbocycles. The van der Waals surface area contributed by atoms with Crippen LogP contribution in [0.2, 0.25) is 0 Å². The molecular weight excluding hydrogens is 208 g/mol. The third-order valence-corrected chi connectivity index (χ3v) is 2.95. The molecule has 1 aromatic rings. The van der Waals surface area contributed by atoms with Gasteiger partial charge < -0.3 is 9.47 Å². The van der Waals surface area contributed by atoms with E-state index in [0.29, 0.717) is 6.61 Å². The van der Waals surface area contributed by atoms with E-state index in [4.69, 9.17) is 4.74 Å². The van der Waals surface area contributed by atoms with E-state index in [1.807, 2.05) is 13.8 Å². The molecule has 1 unspecified atom stereocenters. The molecule has 0 bridgehead atoms. The largest absolute Gasteiger partial charge is 0.463 e. The minimum Gasteiger partial charge on any atom is -0.463 e. The number of ether oxygens (including phenoxy) is 2. The molecule has 1 aromatic heterocycles. The van der Waals surface area contributed by atoms with Gasteiger partial charge in [0.05, 0.1) is 19.4 Å². The van der Waals surface area contributed by atoms with Gasteiger partial charge in [0, 0.05) is 11.8 Å². The zero-order valence-electron chi connectivity index (χ0n) is 9.61. The molecule has 86 valence electrons. The van der Waals surface area contributed by atoms with Crippen molar-refractivity contribution < 1.29 is 14.3 Å². The van der Waals surface area contributed by atoms with Crippen LogP contribution in [0.5, 0.6) is 0 Å². The number of fused-ring (bicyclic) bond motifs is 1. The minimum absolute atomic E-state index is 0.0893. The van der Waals surface area contributed by atoms with Crippen LogP contribution in [-0.2, 0) is 21.7 Å². The molecular formula is C11H14N2O3. The first-order valence-corrected chi connectivity index (χ1v) is 5.19. The molecule has 0 fully saturated rings. The Morgan fingerprint density at radius 2 is 2.44 bits per heavy atom. The lowest BCUT2D eigenvalue weighted by atomic mass is 9.98. The average Bonchev–Trinajstić information content (AvgIpc) is 2.66. The van der Waals surface area contributed by atoms with E-state index in [0.717, 1.165) is 17.7 Å². The summed E-state index contributed by atoms with van der Waals surface area (Å²) in [4.78, 5) is 19.5. The molecule has 0 aliphatic carbocycles. The summed E-state index contributed by atoms with van der Waals surface area (Å²) in [7, 11) is 1.31. The number of hydrogen-bond donors (Lipinski definition) is 0. The Morgan fingerprint density at radius 3 is 3.06 bits per heavy atom. The molecule has 0 radical (unpaired) electrons. The lowest BCUT2D eigenvalue weighted by Gasteiger charge is -2.21. The van der Waals surface area contributed by atoms with Gasteiger partial charge in [-0.15, -0.1) is 0 Å². The van der Waals surface area contributed by atoms with E-state index >= 15 is 0 Å². The van der Waals surface area contributed by atoms with Crippen molar-refractivity contribution in [2.45, 2.75) is 32.5 Å². The van der Waals surface area contributed by atoms with E-state index in [9.17, 15) is 4.79 Å². The Hall–Kier alpha value is -1.49. The Balaban J connectivity index is 2.45. The number of carbonyl (C=O) groups is 1. The van der Waals surface area contributed by atoms with Gasteiger partial charge in [0.1, 0.15) is 5.60 Å². The summed E-state index contributed by atoms with van der Waals surface area (Å²) in [6.07, 6.45) is 2.44. The molecule has 5 nitrogen and oxygen atoms in total. The minimum atomic E-state index is -0.520. The highest BCUT2D eigenvalue weighted by Gasteiger charge is 2.36. The van der Waals surface area contributed by atoms with Crippen molar-refractivity contribution in [2.75, 3.05) is 7.11 Å². The first-order chi connectivity index (χ1) is 7.60. The van der Waals surface area contributed by atoms with Crippen LogP contribution in [-0.4, -0.2) is 23.0 Å². The van der Waals surface area contributed by atoms with Crippen molar-refractivity contribution in [1.82, 2.24) is 9.97 Å². The first kappa shape index (κ1) is 11.0. The number of esters is 1. The summed E-state index contributed by atoms with van der Waals surface area (Å²) in [5.41, 5.74) is 1.32. The third-order valence-electron chi connectivity index (χ3n) is 2.95. The molecule has 2 heterocycles. The monoisotopic (exact) mass is 222 g/mol. The molecule has 1 atom stereocenters. The van der Waals surface area contributed by atoms with Crippen molar-refractivity contribution in [2.24, 2.45) is 0 Å². The maximum Gasteiger partial charge on any atom is 0.376 e. The fourth-order valence-corrected chi connectivity index (χ4v) is 1.73. The van der Waals surface area contributed by atoms with E-state index in [1.165, 1.54) is 7.11 Å². The first-order valence-electron chi connectivity index (χ1n) is 5.19. The second kappa shape index (κ2) is 3.83. The van der Waals surface area contributed by atoms with Crippen LogP contribution in [0.25, 0.3) is 0 Å². The molecule has 16 heavy (non-hydrogen) atoms. The highest BCUT2D eigenvalue weighted by molar-refractivity contribution is 5.85. The Morgan fingerprint density at radius 1 is 1.69 bits per heavy atom. The quantitative estimate of drug-likeness (QED) is 0.708. The predicted octanol–water partition coefficient (Wildman–Crippen LogP) is 1.42. The molecule has 0 spiro atoms. The van der Waals surface area contributed by atoms with Crippen LogP contribution >= 0.6 is 0 Å². The summed E-state index contributed by atoms with van der Waals surface area (Å²) < 4.78 is 10.3. The normalized spacial score (nSPS) is 22.9. The topological polar surface area (TPSA) is 61.3 Å². The summed E-state index contributed by atoms with van der Waals surface area (Å²) >= 11 is 0. The summed E-state index contributed by atoms with van der Waals surface area (Å²) in [5, 5.41) is 0. The van der Waals surface area contributed by atoms with Crippen molar-refractivity contribution in [3.8, 4) is 0 Å². The van der Waals surface area contributed by atoms with Gasteiger partial charge >= 0.3 is 5.97 Å². The highest BCUT2D eigenvalue weighted by atomic mass is 16.5. The zero-order chi connectivity index (χ0) is 11.8. The van der Waals surface area contributed by atoms with E-state index in [2.05, 4.69) is 14.7 Å². The Kier molecular flexibility index (Phi) is 2.63. The van der Waals surface area contributed by atoms with Gasteiger partial charge in [-0.25, -0.2) is 14.8 Å². The van der Waals surface area contributed by atoms with E-state index in [1.54, 1.807) is 6.20 Å². The van der Waals surface area contributed by atoms with Crippen molar-refractivity contribution >= 4 is 5.97 Å². The number of nitrogens with zero attached hydrogens (tertiary/aromatic N) is 2. The van der Waals surface area contributed by atoms with Gasteiger partial charge in [-0.05, 0) is 13.3 Å². The number of rotatable bonds is 2. The standard InChI is InChI=1S/C11H14N2O3/c1-4-11(2)8-7(6-16-11)5-12-9(13-8)10(14)15-3/h5H,4,6H2,1-3H3. The molecule has 2 rings (SSSR count). The van der Waals surface area contributed by atoms with Crippen LogP contribution in [0.1, 0.15) is 42.1 Å². The Labute approximate surface area is 93.8 Å². The second-order valence-electron chi connectivity index (χ2n) is 3.93. The van der Waals surface area contributed by atoms with Crippen LogP contribution in [0.15, 0.2) is 6.20 Å². The van der Waals surface area contributed by atoms with Crippen molar-refractivity contribution in [1.29, 1.82) is 0 Å². The van der Waals surface area contributed by atoms with Gasteiger partial charge in [-0.3, -0.25) is 0 Å². The van der Waals surface area contributed by atoms with Crippen molar-refractivity contribution in [3.05, 3.63) is 23.3 Å². The fourth-order valence-electron chi connectivity index (χ4n) is 1.73. The van der Waals surface area contributed by atoms with Crippen LogP contribution in [0.3, 0.4) is 0 Å². The lowest BCUT2D eigenvalue weighted by Crippen LogP contribution is -2.22. The van der Waals surface area contributed by atoms with Crippen LogP contribution < -0.4 is 0 Å². The summed E-state index contributed by atoms with van der Waals surface area (Å²) in [6.45, 7) is 4.49. The van der Waals surface area contributed by atoms with Gasteiger partial charge in [-0.2, -0.15) is 0 Å². The molecule has 0 amide bonds.